The minimum Gasteiger partial charge on any atom is 0 e. The van der Waals surface area contributed by atoms with Gasteiger partial charge in [-0.3, -0.25) is 0 Å². The van der Waals surface area contributed by atoms with Crippen LogP contribution in [-0.2, 0) is 37.9 Å². The van der Waals surface area contributed by atoms with Gasteiger partial charge in [-0.2, -0.15) is 0 Å². The van der Waals surface area contributed by atoms with E-state index in [1.807, 2.05) is 13.8 Å². The van der Waals surface area contributed by atoms with Gasteiger partial charge in [-0.15, -0.1) is 0 Å². The standard InChI is InChI=1S/C10H11.U.V.W/c1-4-7-8-9-10(5-2)6-3;;;/h2,5,8H,4H2,1,3H3;;;/q-3;+2;;. The van der Waals surface area contributed by atoms with Gasteiger partial charge in [-0.25, -0.2) is 0 Å². The number of hydrogen-bond donors (Lipinski definition) is 0. The molecule has 0 aliphatic rings. The molecule has 0 rings (SSSR count). The maximum absolute atomic E-state index is 5.38. The van der Waals surface area contributed by atoms with Crippen LogP contribution in [0.3, 0.4) is 0 Å². The van der Waals surface area contributed by atoms with Crippen molar-refractivity contribution in [1.29, 1.82) is 0 Å². The first kappa shape index (κ1) is 19.9. The van der Waals surface area contributed by atoms with E-state index in [4.69, 9.17) is 6.58 Å². The average molecular weight is 604 g/mol. The van der Waals surface area contributed by atoms with Crippen molar-refractivity contribution in [3.05, 3.63) is 36.5 Å². The van der Waals surface area contributed by atoms with Crippen molar-refractivity contribution in [3.63, 3.8) is 0 Å². The number of hydrogen-bond acceptors (Lipinski definition) is 0. The third-order valence-corrected chi connectivity index (χ3v) is 1.87. The Kier molecular flexibility index (Phi) is 20.5. The van der Waals surface area contributed by atoms with Crippen molar-refractivity contribution < 1.29 is 69.0 Å². The van der Waals surface area contributed by atoms with Crippen molar-refractivity contribution in [2.75, 3.05) is 0 Å². The van der Waals surface area contributed by atoms with Gasteiger partial charge in [0.25, 0.3) is 0 Å². The van der Waals surface area contributed by atoms with E-state index < -0.39 is 0 Å². The Morgan fingerprint density at radius 2 is 2.08 bits per heavy atom. The van der Waals surface area contributed by atoms with Crippen LogP contribution in [-0.4, -0.2) is 3.90 Å². The summed E-state index contributed by atoms with van der Waals surface area (Å²) in [5.74, 6) is 0. The zero-order valence-corrected chi connectivity index (χ0v) is 16.3. The van der Waals surface area contributed by atoms with E-state index in [1.54, 1.807) is 12.2 Å². The molecule has 0 unspecified atom stereocenters. The summed E-state index contributed by atoms with van der Waals surface area (Å²) in [5.41, 5.74) is 0.987. The van der Waals surface area contributed by atoms with Crippen LogP contribution in [0.2, 0.25) is 0 Å². The summed E-state index contributed by atoms with van der Waals surface area (Å²) >= 11 is 1.43. The molecule has 3 heteroatoms. The summed E-state index contributed by atoms with van der Waals surface area (Å²) in [6.07, 6.45) is 10.4. The molecule has 0 heterocycles. The molecule has 67 valence electrons. The molecule has 0 spiro atoms. The Bertz CT molecular complexity index is 207. The average Bonchev–Trinajstić information content (AvgIpc) is 1.97. The van der Waals surface area contributed by atoms with E-state index in [0.717, 1.165) is 12.0 Å². The second-order valence-electron chi connectivity index (χ2n) is 1.98. The molecule has 0 atom stereocenters. The predicted molar refractivity (Wildman–Crippen MR) is 44.4 cm³/mol. The van der Waals surface area contributed by atoms with Crippen LogP contribution < -0.4 is 0 Å². The van der Waals surface area contributed by atoms with E-state index in [9.17, 15) is 0 Å². The molecule has 0 amide bonds. The zero-order valence-electron chi connectivity index (χ0n) is 7.79. The van der Waals surface area contributed by atoms with E-state index in [0.29, 0.717) is 0 Å². The predicted octanol–water partition coefficient (Wildman–Crippen LogP) is 2.21. The molecule has 0 nitrogen and oxygen atoms in total. The van der Waals surface area contributed by atoms with Gasteiger partial charge in [0.15, 0.2) is 0 Å². The van der Waals surface area contributed by atoms with Crippen LogP contribution in [0.25, 0.3) is 0 Å². The second kappa shape index (κ2) is 13.4. The fourth-order valence-corrected chi connectivity index (χ4v) is 0.954. The molecular weight excluding hydrogens is 593 g/mol. The largest absolute Gasteiger partial charge is 2.00 e. The summed E-state index contributed by atoms with van der Waals surface area (Å²) in [6.45, 7) is 9.46. The molecule has 0 fully saturated rings. The Labute approximate surface area is 128 Å². The summed E-state index contributed by atoms with van der Waals surface area (Å²) < 4.78 is 1.25. The molecule has 0 bridgehead atoms. The van der Waals surface area contributed by atoms with E-state index in [2.05, 4.69) is 12.2 Å². The van der Waals surface area contributed by atoms with E-state index in [1.165, 1.54) is 23.3 Å². The zero-order chi connectivity index (χ0) is 8.69. The molecule has 0 saturated carbocycles. The van der Waals surface area contributed by atoms with Crippen molar-refractivity contribution >= 4 is 3.90 Å². The van der Waals surface area contributed by atoms with Gasteiger partial charge in [0, 0.05) is 18.6 Å². The second-order valence-corrected chi connectivity index (χ2v) is 4.18. The first-order valence-electron chi connectivity index (χ1n) is 3.46. The van der Waals surface area contributed by atoms with Crippen LogP contribution >= 0.6 is 0 Å². The molecule has 0 aromatic rings. The summed E-state index contributed by atoms with van der Waals surface area (Å²) in [5, 5.41) is 0. The molecule has 1 radical (unpaired) electrons. The van der Waals surface area contributed by atoms with Gasteiger partial charge < -0.3 is 0 Å². The minimum atomic E-state index is 0. The SMILES string of the molecule is [CH-]=CC(=[C-]C=[C-]CC)[C](C)=[W].[U+2].[V]. The third kappa shape index (κ3) is 11.3. The molecule has 0 aromatic heterocycles. The molecule has 0 saturated heterocycles. The van der Waals surface area contributed by atoms with Crippen molar-refractivity contribution in [3.8, 4) is 0 Å². The van der Waals surface area contributed by atoms with Gasteiger partial charge in [0.05, 0.1) is 0 Å². The van der Waals surface area contributed by atoms with E-state index in [-0.39, 0.29) is 49.7 Å². The van der Waals surface area contributed by atoms with Crippen molar-refractivity contribution in [2.24, 2.45) is 0 Å². The first-order valence-corrected chi connectivity index (χ1v) is 4.93. The van der Waals surface area contributed by atoms with Crippen molar-refractivity contribution in [1.82, 2.24) is 0 Å². The molecule has 0 aliphatic heterocycles. The fourth-order valence-electron chi connectivity index (χ4n) is 0.498. The number of rotatable bonds is 4. The van der Waals surface area contributed by atoms with Crippen LogP contribution in [0.4, 0.5) is 0 Å². The third-order valence-electron chi connectivity index (χ3n) is 1.08. The quantitative estimate of drug-likeness (QED) is 0.342. The van der Waals surface area contributed by atoms with Crippen molar-refractivity contribution in [2.45, 2.75) is 20.3 Å². The molecule has 0 N–H and O–H groups in total. The van der Waals surface area contributed by atoms with Crippen LogP contribution in [0.5, 0.6) is 0 Å². The minimum absolute atomic E-state index is 0. The normalized spacial score (nSPS) is 10.2. The number of allylic oxidation sites excluding steroid dienone is 5. The summed E-state index contributed by atoms with van der Waals surface area (Å²) in [7, 11) is 0. The Morgan fingerprint density at radius 3 is 2.38 bits per heavy atom. The van der Waals surface area contributed by atoms with E-state index >= 15 is 0 Å². The van der Waals surface area contributed by atoms with Gasteiger partial charge in [-0.05, 0) is 0 Å². The van der Waals surface area contributed by atoms with Gasteiger partial charge in [-0.1, -0.05) is 0 Å². The Balaban J connectivity index is -0.000000500. The van der Waals surface area contributed by atoms with Gasteiger partial charge in [0.2, 0.25) is 0 Å². The summed E-state index contributed by atoms with van der Waals surface area (Å²) in [6, 6.07) is 0. The molecule has 13 heavy (non-hydrogen) atoms. The Hall–Kier alpha value is 1.41. The van der Waals surface area contributed by atoms with Crippen LogP contribution in [0.1, 0.15) is 20.3 Å². The van der Waals surface area contributed by atoms with Gasteiger partial charge >= 0.3 is 111 Å². The first-order chi connectivity index (χ1) is 5.22. The maximum Gasteiger partial charge on any atom is 2.00 e. The molecular formula is C10H11UVW-. The Morgan fingerprint density at radius 1 is 1.54 bits per heavy atom. The van der Waals surface area contributed by atoms with Crippen LogP contribution in [0, 0.1) is 49.8 Å². The molecule has 0 aliphatic carbocycles. The van der Waals surface area contributed by atoms with Crippen LogP contribution in [0.15, 0.2) is 17.7 Å². The smallest absolute Gasteiger partial charge is 0 e. The topological polar surface area (TPSA) is 0 Å². The molecule has 0 aromatic carbocycles. The summed E-state index contributed by atoms with van der Waals surface area (Å²) in [4.78, 5) is 0. The monoisotopic (exact) mass is 604 g/mol. The maximum atomic E-state index is 5.38. The van der Waals surface area contributed by atoms with Gasteiger partial charge in [0.1, 0.15) is 0 Å². The fraction of sp³-hybridized carbons (Fsp3) is 0.300.